The second kappa shape index (κ2) is 4.69. The number of benzene rings is 1. The van der Waals surface area contributed by atoms with Crippen molar-refractivity contribution < 1.29 is 4.39 Å². The minimum absolute atomic E-state index is 0.214. The lowest BCUT2D eigenvalue weighted by Crippen LogP contribution is -2.05. The van der Waals surface area contributed by atoms with Crippen LogP contribution >= 0.6 is 11.8 Å². The average molecular weight is 213 g/mol. The van der Waals surface area contributed by atoms with Crippen LogP contribution in [0.15, 0.2) is 23.1 Å². The van der Waals surface area contributed by atoms with E-state index in [4.69, 9.17) is 5.73 Å². The Kier molecular flexibility index (Phi) is 3.81. The monoisotopic (exact) mass is 213 g/mol. The molecule has 1 unspecified atom stereocenters. The van der Waals surface area contributed by atoms with Gasteiger partial charge in [0, 0.05) is 10.1 Å². The van der Waals surface area contributed by atoms with E-state index in [9.17, 15) is 4.39 Å². The first-order valence-electron chi connectivity index (χ1n) is 4.72. The zero-order chi connectivity index (χ0) is 10.7. The molecule has 1 nitrogen and oxygen atoms in total. The predicted octanol–water partition coefficient (Wildman–Crippen LogP) is 3.54. The van der Waals surface area contributed by atoms with Gasteiger partial charge in [-0.3, -0.25) is 0 Å². The molecule has 3 heteroatoms. The highest BCUT2D eigenvalue weighted by molar-refractivity contribution is 8.00. The van der Waals surface area contributed by atoms with E-state index in [2.05, 4.69) is 20.8 Å². The molecule has 0 aliphatic rings. The highest BCUT2D eigenvalue weighted by Gasteiger charge is 2.09. The number of nitrogens with two attached hydrogens (primary N) is 1. The summed E-state index contributed by atoms with van der Waals surface area (Å²) in [4.78, 5) is 0.943. The third-order valence-electron chi connectivity index (χ3n) is 2.23. The molecule has 1 rings (SSSR count). The van der Waals surface area contributed by atoms with E-state index in [1.165, 1.54) is 6.07 Å². The maximum Gasteiger partial charge on any atom is 0.147 e. The molecule has 1 aromatic rings. The topological polar surface area (TPSA) is 26.0 Å². The molecule has 0 radical (unpaired) electrons. The van der Waals surface area contributed by atoms with Crippen molar-refractivity contribution in [2.45, 2.75) is 30.9 Å². The summed E-state index contributed by atoms with van der Waals surface area (Å²) in [5, 5.41) is 0.484. The maximum atomic E-state index is 13.1. The van der Waals surface area contributed by atoms with Crippen LogP contribution in [0.3, 0.4) is 0 Å². The lowest BCUT2D eigenvalue weighted by Gasteiger charge is -2.14. The quantitative estimate of drug-likeness (QED) is 0.614. The fourth-order valence-electron chi connectivity index (χ4n) is 0.932. The van der Waals surface area contributed by atoms with E-state index in [0.717, 1.165) is 4.90 Å². The van der Waals surface area contributed by atoms with Crippen molar-refractivity contribution in [2.75, 3.05) is 5.73 Å². The Morgan fingerprint density at radius 1 is 1.29 bits per heavy atom. The summed E-state index contributed by atoms with van der Waals surface area (Å²) in [6.45, 7) is 6.46. The van der Waals surface area contributed by atoms with E-state index >= 15 is 0 Å². The van der Waals surface area contributed by atoms with Gasteiger partial charge in [0.05, 0.1) is 5.69 Å². The first-order valence-corrected chi connectivity index (χ1v) is 5.60. The molecular formula is C11H16FNS. The third kappa shape index (κ3) is 2.91. The van der Waals surface area contributed by atoms with E-state index in [0.29, 0.717) is 11.2 Å². The normalized spacial score (nSPS) is 13.2. The Morgan fingerprint density at radius 2 is 1.93 bits per heavy atom. The zero-order valence-corrected chi connectivity index (χ0v) is 9.57. The molecule has 0 aliphatic carbocycles. The van der Waals surface area contributed by atoms with Gasteiger partial charge in [-0.2, -0.15) is 0 Å². The molecule has 0 heterocycles. The highest BCUT2D eigenvalue weighted by atomic mass is 32.2. The van der Waals surface area contributed by atoms with Crippen molar-refractivity contribution in [1.82, 2.24) is 0 Å². The number of anilines is 1. The number of hydrogen-bond acceptors (Lipinski definition) is 2. The lowest BCUT2D eigenvalue weighted by atomic mass is 10.2. The van der Waals surface area contributed by atoms with Crippen LogP contribution in [0.5, 0.6) is 0 Å². The fraction of sp³-hybridized carbons (Fsp3) is 0.455. The van der Waals surface area contributed by atoms with Gasteiger partial charge in [0.15, 0.2) is 0 Å². The summed E-state index contributed by atoms with van der Waals surface area (Å²) in [5.74, 6) is 0.256. The predicted molar refractivity (Wildman–Crippen MR) is 61.0 cm³/mol. The number of hydrogen-bond donors (Lipinski definition) is 1. The number of thioether (sulfide) groups is 1. The molecule has 14 heavy (non-hydrogen) atoms. The molecule has 1 atom stereocenters. The molecule has 0 aromatic heterocycles. The largest absolute Gasteiger partial charge is 0.396 e. The Bertz CT molecular complexity index is 312. The van der Waals surface area contributed by atoms with Crippen molar-refractivity contribution in [2.24, 2.45) is 5.92 Å². The summed E-state index contributed by atoms with van der Waals surface area (Å²) in [6.07, 6.45) is 0. The van der Waals surface area contributed by atoms with E-state index in [-0.39, 0.29) is 11.5 Å². The summed E-state index contributed by atoms with van der Waals surface area (Å²) in [6, 6.07) is 4.98. The zero-order valence-electron chi connectivity index (χ0n) is 8.75. The van der Waals surface area contributed by atoms with Gasteiger partial charge in [-0.05, 0) is 24.1 Å². The van der Waals surface area contributed by atoms with E-state index in [1.54, 1.807) is 17.8 Å². The standard InChI is InChI=1S/C11H16FNS/c1-7(2)8(3)14-9-4-5-11(13)10(12)6-9/h4-8H,13H2,1-3H3. The molecule has 0 bridgehead atoms. The fourth-order valence-corrected chi connectivity index (χ4v) is 1.95. The van der Waals surface area contributed by atoms with Crippen LogP contribution in [0.4, 0.5) is 10.1 Å². The summed E-state index contributed by atoms with van der Waals surface area (Å²) in [7, 11) is 0. The highest BCUT2D eigenvalue weighted by Crippen LogP contribution is 2.29. The van der Waals surface area contributed by atoms with Gasteiger partial charge >= 0.3 is 0 Å². The SMILES string of the molecule is CC(C)C(C)Sc1ccc(N)c(F)c1. The first kappa shape index (κ1) is 11.4. The number of rotatable bonds is 3. The van der Waals surface area contributed by atoms with Crippen LogP contribution in [0, 0.1) is 11.7 Å². The van der Waals surface area contributed by atoms with Crippen LogP contribution in [-0.2, 0) is 0 Å². The van der Waals surface area contributed by atoms with E-state index < -0.39 is 0 Å². The Morgan fingerprint density at radius 3 is 2.43 bits per heavy atom. The summed E-state index contributed by atoms with van der Waals surface area (Å²) < 4.78 is 13.1. The lowest BCUT2D eigenvalue weighted by molar-refractivity contribution is 0.627. The summed E-state index contributed by atoms with van der Waals surface area (Å²) in [5.41, 5.74) is 5.61. The van der Waals surface area contributed by atoms with Crippen molar-refractivity contribution in [1.29, 1.82) is 0 Å². The molecule has 1 aromatic carbocycles. The molecule has 0 spiro atoms. The van der Waals surface area contributed by atoms with Crippen LogP contribution in [0.1, 0.15) is 20.8 Å². The second-order valence-corrected chi connectivity index (χ2v) is 5.20. The van der Waals surface area contributed by atoms with E-state index in [1.807, 2.05) is 6.07 Å². The van der Waals surface area contributed by atoms with Gasteiger partial charge in [0.1, 0.15) is 5.82 Å². The molecule has 78 valence electrons. The molecular weight excluding hydrogens is 197 g/mol. The van der Waals surface area contributed by atoms with Crippen molar-refractivity contribution >= 4 is 17.4 Å². The van der Waals surface area contributed by atoms with Crippen LogP contribution in [-0.4, -0.2) is 5.25 Å². The minimum atomic E-state index is -0.328. The number of nitrogen functional groups attached to an aromatic ring is 1. The number of halogens is 1. The van der Waals surface area contributed by atoms with Crippen molar-refractivity contribution in [3.05, 3.63) is 24.0 Å². The Hall–Kier alpha value is -0.700. The smallest absolute Gasteiger partial charge is 0.147 e. The van der Waals surface area contributed by atoms with Gasteiger partial charge < -0.3 is 5.73 Å². The summed E-state index contributed by atoms with van der Waals surface area (Å²) >= 11 is 1.68. The van der Waals surface area contributed by atoms with Crippen molar-refractivity contribution in [3.8, 4) is 0 Å². The Labute approximate surface area is 88.9 Å². The average Bonchev–Trinajstić information content (AvgIpc) is 2.11. The second-order valence-electron chi connectivity index (χ2n) is 3.75. The molecule has 2 N–H and O–H groups in total. The van der Waals surface area contributed by atoms with Crippen molar-refractivity contribution in [3.63, 3.8) is 0 Å². The van der Waals surface area contributed by atoms with Crippen LogP contribution in [0.2, 0.25) is 0 Å². The minimum Gasteiger partial charge on any atom is -0.396 e. The molecule has 0 fully saturated rings. The van der Waals surface area contributed by atoms with Gasteiger partial charge in [-0.1, -0.05) is 20.8 Å². The van der Waals surface area contributed by atoms with Gasteiger partial charge in [0.25, 0.3) is 0 Å². The molecule has 0 saturated carbocycles. The molecule has 0 aliphatic heterocycles. The van der Waals surface area contributed by atoms with Gasteiger partial charge in [-0.25, -0.2) is 4.39 Å². The first-order chi connectivity index (χ1) is 6.50. The molecule has 0 amide bonds. The molecule has 0 saturated heterocycles. The van der Waals surface area contributed by atoms with Gasteiger partial charge in [0.2, 0.25) is 0 Å². The van der Waals surface area contributed by atoms with Crippen LogP contribution in [0.25, 0.3) is 0 Å². The third-order valence-corrected chi connectivity index (χ3v) is 3.67. The maximum absolute atomic E-state index is 13.1. The van der Waals surface area contributed by atoms with Gasteiger partial charge in [-0.15, -0.1) is 11.8 Å². The Balaban J connectivity index is 2.73. The van der Waals surface area contributed by atoms with Crippen LogP contribution < -0.4 is 5.73 Å².